The predicted octanol–water partition coefficient (Wildman–Crippen LogP) is 2.90. The van der Waals surface area contributed by atoms with E-state index < -0.39 is 6.36 Å². The van der Waals surface area contributed by atoms with Gasteiger partial charge in [-0.1, -0.05) is 26.2 Å². The molecule has 114 valence electrons. The van der Waals surface area contributed by atoms with Crippen LogP contribution in [0.15, 0.2) is 0 Å². The maximum atomic E-state index is 12.0. The smallest absolute Gasteiger partial charge is 0.329 e. The zero-order valence-electron chi connectivity index (χ0n) is 11.6. The van der Waals surface area contributed by atoms with Crippen LogP contribution in [-0.4, -0.2) is 43.0 Å². The van der Waals surface area contributed by atoms with Crippen molar-refractivity contribution >= 4 is 0 Å². The van der Waals surface area contributed by atoms with E-state index in [1.54, 1.807) is 0 Å². The first-order chi connectivity index (χ1) is 8.93. The van der Waals surface area contributed by atoms with Crippen molar-refractivity contribution in [3.05, 3.63) is 0 Å². The van der Waals surface area contributed by atoms with Crippen molar-refractivity contribution in [2.24, 2.45) is 5.73 Å². The predicted molar refractivity (Wildman–Crippen MR) is 68.7 cm³/mol. The molecule has 0 heterocycles. The Morgan fingerprint density at radius 2 is 1.79 bits per heavy atom. The van der Waals surface area contributed by atoms with Crippen LogP contribution in [0, 0.1) is 0 Å². The summed E-state index contributed by atoms with van der Waals surface area (Å²) in [5.74, 6) is 0. The van der Waals surface area contributed by atoms with Gasteiger partial charge in [-0.15, -0.1) is 13.2 Å². The van der Waals surface area contributed by atoms with Crippen molar-refractivity contribution in [3.63, 3.8) is 0 Å². The summed E-state index contributed by atoms with van der Waals surface area (Å²) in [6, 6.07) is 0. The standard InChI is InChI=1S/C13H25F3N2O/c1-2-8-18(9-10-19-13(14,15)16)12(11-17)6-4-3-5-7-12/h2-11,17H2,1H3. The van der Waals surface area contributed by atoms with E-state index in [2.05, 4.69) is 9.64 Å². The number of nitrogens with zero attached hydrogens (tertiary/aromatic N) is 1. The third kappa shape index (κ3) is 5.28. The average molecular weight is 282 g/mol. The second kappa shape index (κ2) is 7.45. The number of nitrogens with two attached hydrogens (primary N) is 1. The molecule has 0 unspecified atom stereocenters. The molecule has 2 N–H and O–H groups in total. The van der Waals surface area contributed by atoms with Crippen LogP contribution in [0.4, 0.5) is 13.2 Å². The highest BCUT2D eigenvalue weighted by atomic mass is 19.4. The molecule has 1 rings (SSSR count). The van der Waals surface area contributed by atoms with E-state index in [0.717, 1.165) is 38.6 Å². The first-order valence-corrected chi connectivity index (χ1v) is 7.09. The maximum absolute atomic E-state index is 12.0. The highest BCUT2D eigenvalue weighted by Crippen LogP contribution is 2.33. The summed E-state index contributed by atoms with van der Waals surface area (Å²) in [6.07, 6.45) is 1.75. The molecule has 0 saturated heterocycles. The normalized spacial score (nSPS) is 19.9. The van der Waals surface area contributed by atoms with E-state index in [0.29, 0.717) is 13.1 Å². The quantitative estimate of drug-likeness (QED) is 0.780. The van der Waals surface area contributed by atoms with Gasteiger partial charge in [-0.05, 0) is 25.8 Å². The third-order valence-electron chi connectivity index (χ3n) is 3.96. The van der Waals surface area contributed by atoms with Crippen LogP contribution in [0.2, 0.25) is 0 Å². The van der Waals surface area contributed by atoms with Crippen LogP contribution in [0.1, 0.15) is 45.4 Å². The molecular formula is C13H25F3N2O. The van der Waals surface area contributed by atoms with Crippen LogP contribution >= 0.6 is 0 Å². The molecule has 0 bridgehead atoms. The summed E-state index contributed by atoms with van der Waals surface area (Å²) < 4.78 is 40.0. The molecule has 1 saturated carbocycles. The summed E-state index contributed by atoms with van der Waals surface area (Å²) in [4.78, 5) is 2.11. The van der Waals surface area contributed by atoms with Gasteiger partial charge in [0.05, 0.1) is 6.61 Å². The monoisotopic (exact) mass is 282 g/mol. The second-order valence-electron chi connectivity index (χ2n) is 5.27. The number of halogens is 3. The zero-order chi connectivity index (χ0) is 14.4. The minimum absolute atomic E-state index is 0.122. The summed E-state index contributed by atoms with van der Waals surface area (Å²) in [5.41, 5.74) is 5.80. The fraction of sp³-hybridized carbons (Fsp3) is 1.00. The van der Waals surface area contributed by atoms with Gasteiger partial charge in [0, 0.05) is 18.6 Å². The zero-order valence-corrected chi connectivity index (χ0v) is 11.6. The number of hydrogen-bond acceptors (Lipinski definition) is 3. The van der Waals surface area contributed by atoms with Gasteiger partial charge >= 0.3 is 6.36 Å². The number of hydrogen-bond donors (Lipinski definition) is 1. The minimum Gasteiger partial charge on any atom is -0.329 e. The van der Waals surface area contributed by atoms with Crippen molar-refractivity contribution in [1.82, 2.24) is 4.90 Å². The third-order valence-corrected chi connectivity index (χ3v) is 3.96. The molecule has 1 fully saturated rings. The molecule has 0 amide bonds. The lowest BCUT2D eigenvalue weighted by molar-refractivity contribution is -0.325. The Morgan fingerprint density at radius 1 is 1.16 bits per heavy atom. The molecular weight excluding hydrogens is 257 g/mol. The molecule has 0 aromatic heterocycles. The minimum atomic E-state index is -4.54. The summed E-state index contributed by atoms with van der Waals surface area (Å²) in [6.45, 7) is 3.30. The van der Waals surface area contributed by atoms with E-state index in [-0.39, 0.29) is 12.1 Å². The molecule has 0 aromatic carbocycles. The first-order valence-electron chi connectivity index (χ1n) is 7.09. The average Bonchev–Trinajstić information content (AvgIpc) is 2.37. The fourth-order valence-electron chi connectivity index (χ4n) is 2.99. The van der Waals surface area contributed by atoms with Crippen molar-refractivity contribution in [3.8, 4) is 0 Å². The Hall–Kier alpha value is -0.330. The molecule has 19 heavy (non-hydrogen) atoms. The lowest BCUT2D eigenvalue weighted by atomic mass is 9.80. The van der Waals surface area contributed by atoms with Crippen LogP contribution in [0.3, 0.4) is 0 Å². The Labute approximate surface area is 113 Å². The highest BCUT2D eigenvalue weighted by Gasteiger charge is 2.37. The topological polar surface area (TPSA) is 38.5 Å². The van der Waals surface area contributed by atoms with Crippen molar-refractivity contribution in [2.75, 3.05) is 26.2 Å². The maximum Gasteiger partial charge on any atom is 0.522 e. The Bertz CT molecular complexity index is 253. The van der Waals surface area contributed by atoms with E-state index in [1.165, 1.54) is 6.42 Å². The Morgan fingerprint density at radius 3 is 2.26 bits per heavy atom. The molecule has 6 heteroatoms. The van der Waals surface area contributed by atoms with Crippen LogP contribution < -0.4 is 5.73 Å². The van der Waals surface area contributed by atoms with Gasteiger partial charge in [0.2, 0.25) is 0 Å². The largest absolute Gasteiger partial charge is 0.522 e. The van der Waals surface area contributed by atoms with Gasteiger partial charge < -0.3 is 5.73 Å². The number of alkyl halides is 3. The molecule has 1 aliphatic carbocycles. The Kier molecular flexibility index (Phi) is 6.56. The first kappa shape index (κ1) is 16.7. The van der Waals surface area contributed by atoms with Crippen molar-refractivity contribution < 1.29 is 17.9 Å². The van der Waals surface area contributed by atoms with Crippen LogP contribution in [0.25, 0.3) is 0 Å². The molecule has 0 radical (unpaired) electrons. The highest BCUT2D eigenvalue weighted by molar-refractivity contribution is 4.94. The fourth-order valence-corrected chi connectivity index (χ4v) is 2.99. The van der Waals surface area contributed by atoms with Gasteiger partial charge in [-0.25, -0.2) is 0 Å². The summed E-state index contributed by atoms with van der Waals surface area (Å²) >= 11 is 0. The van der Waals surface area contributed by atoms with Crippen LogP contribution in [0.5, 0.6) is 0 Å². The molecule has 0 atom stereocenters. The lowest BCUT2D eigenvalue weighted by Crippen LogP contribution is -2.56. The van der Waals surface area contributed by atoms with Gasteiger partial charge in [0.15, 0.2) is 0 Å². The molecule has 3 nitrogen and oxygen atoms in total. The van der Waals surface area contributed by atoms with Crippen molar-refractivity contribution in [1.29, 1.82) is 0 Å². The van der Waals surface area contributed by atoms with Crippen LogP contribution in [-0.2, 0) is 4.74 Å². The summed E-state index contributed by atoms with van der Waals surface area (Å²) in [5, 5.41) is 0. The van der Waals surface area contributed by atoms with E-state index in [4.69, 9.17) is 5.73 Å². The van der Waals surface area contributed by atoms with E-state index in [1.807, 2.05) is 6.92 Å². The van der Waals surface area contributed by atoms with Gasteiger partial charge in [-0.2, -0.15) is 0 Å². The molecule has 0 aromatic rings. The lowest BCUT2D eigenvalue weighted by Gasteiger charge is -2.46. The number of rotatable bonds is 7. The van der Waals surface area contributed by atoms with Gasteiger partial charge in [0.1, 0.15) is 0 Å². The van der Waals surface area contributed by atoms with Gasteiger partial charge in [-0.3, -0.25) is 9.64 Å². The van der Waals surface area contributed by atoms with Crippen molar-refractivity contribution in [2.45, 2.75) is 57.3 Å². The molecule has 0 spiro atoms. The Balaban J connectivity index is 2.58. The van der Waals surface area contributed by atoms with E-state index >= 15 is 0 Å². The van der Waals surface area contributed by atoms with Gasteiger partial charge in [0.25, 0.3) is 0 Å². The second-order valence-corrected chi connectivity index (χ2v) is 5.27. The SMILES string of the molecule is CCCN(CCOC(F)(F)F)C1(CN)CCCCC1. The number of ether oxygens (including phenoxy) is 1. The summed E-state index contributed by atoms with van der Waals surface area (Å²) in [7, 11) is 0. The van der Waals surface area contributed by atoms with E-state index in [9.17, 15) is 13.2 Å². The molecule has 0 aliphatic heterocycles. The molecule has 1 aliphatic rings.